The van der Waals surface area contributed by atoms with E-state index < -0.39 is 0 Å². The lowest BCUT2D eigenvalue weighted by molar-refractivity contribution is 0.431. The van der Waals surface area contributed by atoms with Gasteiger partial charge in [0.1, 0.15) is 11.5 Å². The molecule has 2 aromatic heterocycles. The Labute approximate surface area is 127 Å². The molecule has 2 N–H and O–H groups in total. The van der Waals surface area contributed by atoms with Gasteiger partial charge in [-0.3, -0.25) is 0 Å². The van der Waals surface area contributed by atoms with Crippen LogP contribution in [0.3, 0.4) is 0 Å². The Morgan fingerprint density at radius 1 is 1.38 bits per heavy atom. The van der Waals surface area contributed by atoms with E-state index in [1.54, 1.807) is 24.7 Å². The maximum absolute atomic E-state index is 13.2. The topological polar surface area (TPSA) is 82.8 Å². The summed E-state index contributed by atoms with van der Waals surface area (Å²) in [5.74, 6) is 0.336. The molecule has 0 amide bonds. The van der Waals surface area contributed by atoms with Crippen LogP contribution in [-0.2, 0) is 6.54 Å². The maximum atomic E-state index is 13.2. The van der Waals surface area contributed by atoms with Gasteiger partial charge in [-0.25, -0.2) is 9.37 Å². The summed E-state index contributed by atoms with van der Waals surface area (Å²) in [6, 6.07) is 4.52. The zero-order chi connectivity index (χ0) is 14.8. The second-order valence-corrected chi connectivity index (χ2v) is 5.19. The Bertz CT molecular complexity index is 770. The molecule has 0 saturated carbocycles. The van der Waals surface area contributed by atoms with Gasteiger partial charge < -0.3 is 14.8 Å². The summed E-state index contributed by atoms with van der Waals surface area (Å²) in [5.41, 5.74) is 6.70. The third-order valence-corrected chi connectivity index (χ3v) is 3.45. The number of aromatic nitrogens is 4. The molecule has 0 spiro atoms. The first-order valence-electron chi connectivity index (χ1n) is 6.18. The molecular weight excluding hydrogens is 341 g/mol. The van der Waals surface area contributed by atoms with Crippen LogP contribution in [0.4, 0.5) is 4.39 Å². The molecule has 3 aromatic rings. The number of hydrogen-bond donors (Lipinski definition) is 1. The molecule has 0 aliphatic carbocycles. The molecule has 3 rings (SSSR count). The summed E-state index contributed by atoms with van der Waals surface area (Å²) < 4.78 is 20.6. The second kappa shape index (κ2) is 5.74. The lowest BCUT2D eigenvalue weighted by Crippen LogP contribution is -2.07. The van der Waals surface area contributed by atoms with Gasteiger partial charge in [-0.2, -0.15) is 4.98 Å². The first-order valence-corrected chi connectivity index (χ1v) is 6.98. The molecule has 108 valence electrons. The van der Waals surface area contributed by atoms with Gasteiger partial charge in [-0.1, -0.05) is 5.16 Å². The van der Waals surface area contributed by atoms with Crippen molar-refractivity contribution in [3.8, 4) is 23.0 Å². The van der Waals surface area contributed by atoms with Crippen LogP contribution >= 0.6 is 15.9 Å². The standard InChI is InChI=1S/C13H11BrFN5O/c14-9-5-8(1-2-10(9)15)12-18-13(21-19-12)11-6-20(4-3-16)7-17-11/h1-2,5-7H,3-4,16H2. The Morgan fingerprint density at radius 3 is 3.00 bits per heavy atom. The van der Waals surface area contributed by atoms with Gasteiger partial charge in [0.05, 0.1) is 10.8 Å². The van der Waals surface area contributed by atoms with Gasteiger partial charge in [0, 0.05) is 24.8 Å². The smallest absolute Gasteiger partial charge is 0.278 e. The van der Waals surface area contributed by atoms with Crippen LogP contribution in [0.15, 0.2) is 39.7 Å². The van der Waals surface area contributed by atoms with Gasteiger partial charge in [-0.15, -0.1) is 0 Å². The monoisotopic (exact) mass is 351 g/mol. The van der Waals surface area contributed by atoms with Crippen LogP contribution in [0.25, 0.3) is 23.0 Å². The number of imidazole rings is 1. The average Bonchev–Trinajstić information content (AvgIpc) is 3.11. The Morgan fingerprint density at radius 2 is 2.24 bits per heavy atom. The predicted octanol–water partition coefficient (Wildman–Crippen LogP) is 2.46. The van der Waals surface area contributed by atoms with Gasteiger partial charge in [0.2, 0.25) is 5.82 Å². The van der Waals surface area contributed by atoms with Crippen LogP contribution in [0, 0.1) is 5.82 Å². The van der Waals surface area contributed by atoms with E-state index in [1.165, 1.54) is 6.07 Å². The van der Waals surface area contributed by atoms with Crippen molar-refractivity contribution in [2.75, 3.05) is 6.54 Å². The van der Waals surface area contributed by atoms with Crippen molar-refractivity contribution in [2.24, 2.45) is 5.73 Å². The van der Waals surface area contributed by atoms with Crippen molar-refractivity contribution in [1.82, 2.24) is 19.7 Å². The molecule has 0 bridgehead atoms. The zero-order valence-electron chi connectivity index (χ0n) is 10.8. The van der Waals surface area contributed by atoms with E-state index in [-0.39, 0.29) is 5.82 Å². The summed E-state index contributed by atoms with van der Waals surface area (Å²) in [6.07, 6.45) is 3.44. The normalized spacial score (nSPS) is 11.0. The van der Waals surface area contributed by atoms with Crippen LogP contribution in [0.2, 0.25) is 0 Å². The lowest BCUT2D eigenvalue weighted by atomic mass is 10.2. The number of halogens is 2. The summed E-state index contributed by atoms with van der Waals surface area (Å²) in [5, 5.41) is 3.89. The van der Waals surface area contributed by atoms with Crippen molar-refractivity contribution >= 4 is 15.9 Å². The molecule has 8 heteroatoms. The molecule has 0 radical (unpaired) electrons. The molecule has 0 unspecified atom stereocenters. The van der Waals surface area contributed by atoms with Crippen molar-refractivity contribution < 1.29 is 8.91 Å². The Balaban J connectivity index is 1.89. The third kappa shape index (κ3) is 2.86. The lowest BCUT2D eigenvalue weighted by Gasteiger charge is -1.96. The van der Waals surface area contributed by atoms with E-state index >= 15 is 0 Å². The number of nitrogens with zero attached hydrogens (tertiary/aromatic N) is 4. The Hall–Kier alpha value is -2.06. The van der Waals surface area contributed by atoms with E-state index in [1.807, 2.05) is 4.57 Å². The maximum Gasteiger partial charge on any atom is 0.278 e. The van der Waals surface area contributed by atoms with Crippen LogP contribution in [-0.4, -0.2) is 26.2 Å². The fraction of sp³-hybridized carbons (Fsp3) is 0.154. The summed E-state index contributed by atoms with van der Waals surface area (Å²) in [7, 11) is 0. The van der Waals surface area contributed by atoms with E-state index in [4.69, 9.17) is 10.3 Å². The van der Waals surface area contributed by atoms with Crippen molar-refractivity contribution in [2.45, 2.75) is 6.54 Å². The molecule has 21 heavy (non-hydrogen) atoms. The fourth-order valence-electron chi connectivity index (χ4n) is 1.82. The van der Waals surface area contributed by atoms with Gasteiger partial charge in [-0.05, 0) is 34.1 Å². The molecule has 2 heterocycles. The number of rotatable bonds is 4. The zero-order valence-corrected chi connectivity index (χ0v) is 12.4. The molecule has 0 fully saturated rings. The predicted molar refractivity (Wildman–Crippen MR) is 77.7 cm³/mol. The third-order valence-electron chi connectivity index (χ3n) is 2.84. The molecule has 0 atom stereocenters. The summed E-state index contributed by atoms with van der Waals surface area (Å²) in [4.78, 5) is 8.45. The minimum absolute atomic E-state index is 0.307. The minimum atomic E-state index is -0.344. The minimum Gasteiger partial charge on any atom is -0.335 e. The summed E-state index contributed by atoms with van der Waals surface area (Å²) >= 11 is 3.13. The average molecular weight is 352 g/mol. The molecular formula is C13H11BrFN5O. The molecule has 6 nitrogen and oxygen atoms in total. The van der Waals surface area contributed by atoms with Crippen LogP contribution in [0.1, 0.15) is 0 Å². The van der Waals surface area contributed by atoms with E-state index in [0.29, 0.717) is 40.5 Å². The highest BCUT2D eigenvalue weighted by molar-refractivity contribution is 9.10. The van der Waals surface area contributed by atoms with E-state index in [9.17, 15) is 4.39 Å². The summed E-state index contributed by atoms with van der Waals surface area (Å²) in [6.45, 7) is 1.19. The quantitative estimate of drug-likeness (QED) is 0.780. The van der Waals surface area contributed by atoms with Crippen molar-refractivity contribution in [3.05, 3.63) is 41.0 Å². The van der Waals surface area contributed by atoms with E-state index in [2.05, 4.69) is 31.1 Å². The number of hydrogen-bond acceptors (Lipinski definition) is 5. The van der Waals surface area contributed by atoms with Gasteiger partial charge in [0.15, 0.2) is 0 Å². The first kappa shape index (κ1) is 13.9. The van der Waals surface area contributed by atoms with Crippen molar-refractivity contribution in [1.29, 1.82) is 0 Å². The van der Waals surface area contributed by atoms with E-state index in [0.717, 1.165) is 0 Å². The highest BCUT2D eigenvalue weighted by Gasteiger charge is 2.14. The SMILES string of the molecule is NCCn1cnc(-c2nc(-c3ccc(F)c(Br)c3)no2)c1. The highest BCUT2D eigenvalue weighted by Crippen LogP contribution is 2.25. The second-order valence-electron chi connectivity index (χ2n) is 4.34. The van der Waals surface area contributed by atoms with Crippen LogP contribution in [0.5, 0.6) is 0 Å². The van der Waals surface area contributed by atoms with Crippen LogP contribution < -0.4 is 5.73 Å². The number of nitrogens with two attached hydrogens (primary N) is 1. The number of benzene rings is 1. The molecule has 1 aromatic carbocycles. The van der Waals surface area contributed by atoms with Crippen molar-refractivity contribution in [3.63, 3.8) is 0 Å². The van der Waals surface area contributed by atoms with Gasteiger partial charge in [0.25, 0.3) is 5.89 Å². The largest absolute Gasteiger partial charge is 0.335 e. The molecule has 0 aliphatic heterocycles. The van der Waals surface area contributed by atoms with Gasteiger partial charge >= 0.3 is 0 Å². The molecule has 0 saturated heterocycles. The highest BCUT2D eigenvalue weighted by atomic mass is 79.9. The molecule has 0 aliphatic rings. The first-order chi connectivity index (χ1) is 10.2. The fourth-order valence-corrected chi connectivity index (χ4v) is 2.20. The Kier molecular flexibility index (Phi) is 3.80.